The van der Waals surface area contributed by atoms with E-state index in [1.165, 1.54) is 12.8 Å². The van der Waals surface area contributed by atoms with Crippen LogP contribution in [0.4, 0.5) is 5.82 Å². The summed E-state index contributed by atoms with van der Waals surface area (Å²) in [5.74, 6) is 2.89. The van der Waals surface area contributed by atoms with Gasteiger partial charge in [-0.3, -0.25) is 0 Å². The van der Waals surface area contributed by atoms with E-state index in [2.05, 4.69) is 36.4 Å². The summed E-state index contributed by atoms with van der Waals surface area (Å²) < 4.78 is 2.03. The highest BCUT2D eigenvalue weighted by Crippen LogP contribution is 2.31. The molecule has 0 radical (unpaired) electrons. The Hall–Kier alpha value is -2.02. The van der Waals surface area contributed by atoms with E-state index in [1.807, 2.05) is 18.5 Å². The molecule has 0 aromatic carbocycles. The zero-order valence-electron chi connectivity index (χ0n) is 13.4. The molecule has 3 aromatic heterocycles. The van der Waals surface area contributed by atoms with Gasteiger partial charge in [0.05, 0.1) is 18.0 Å². The van der Waals surface area contributed by atoms with Crippen molar-refractivity contribution >= 4 is 27.4 Å². The summed E-state index contributed by atoms with van der Waals surface area (Å²) in [6.07, 6.45) is 5.31. The van der Waals surface area contributed by atoms with Crippen LogP contribution in [0.1, 0.15) is 30.9 Å². The van der Waals surface area contributed by atoms with Crippen LogP contribution in [0.3, 0.4) is 0 Å². The predicted octanol–water partition coefficient (Wildman–Crippen LogP) is 2.96. The first-order chi connectivity index (χ1) is 11.2. The van der Waals surface area contributed by atoms with Crippen LogP contribution in [-0.2, 0) is 6.54 Å². The molecule has 1 unspecified atom stereocenters. The average Bonchev–Trinajstić information content (AvgIpc) is 3.14. The molecular formula is C16H20N6S. The van der Waals surface area contributed by atoms with Crippen molar-refractivity contribution in [3.8, 4) is 0 Å². The lowest BCUT2D eigenvalue weighted by molar-refractivity contribution is 0.392. The number of hydrogen-bond donors (Lipinski definition) is 0. The van der Waals surface area contributed by atoms with Gasteiger partial charge in [-0.15, -0.1) is 11.3 Å². The maximum atomic E-state index is 4.60. The molecule has 0 spiro atoms. The molecule has 1 atom stereocenters. The van der Waals surface area contributed by atoms with Crippen molar-refractivity contribution in [2.75, 3.05) is 11.4 Å². The summed E-state index contributed by atoms with van der Waals surface area (Å²) in [5.41, 5.74) is 0. The standard InChI is InChI=1S/C16H20N6S/c1-11-19-12(2)22(20-11)9-13-5-3-4-7-21(13)15-14-6-8-23-16(14)18-10-17-15/h6,8,10,13H,3-5,7,9H2,1-2H3. The highest BCUT2D eigenvalue weighted by atomic mass is 32.1. The summed E-state index contributed by atoms with van der Waals surface area (Å²) >= 11 is 1.67. The molecule has 23 heavy (non-hydrogen) atoms. The summed E-state index contributed by atoms with van der Waals surface area (Å²) in [6, 6.07) is 2.54. The van der Waals surface area contributed by atoms with Gasteiger partial charge < -0.3 is 4.90 Å². The lowest BCUT2D eigenvalue weighted by Crippen LogP contribution is -2.43. The zero-order valence-corrected chi connectivity index (χ0v) is 14.3. The average molecular weight is 328 g/mol. The monoisotopic (exact) mass is 328 g/mol. The van der Waals surface area contributed by atoms with Crippen molar-refractivity contribution in [1.29, 1.82) is 0 Å². The van der Waals surface area contributed by atoms with Gasteiger partial charge >= 0.3 is 0 Å². The van der Waals surface area contributed by atoms with Crippen LogP contribution >= 0.6 is 11.3 Å². The van der Waals surface area contributed by atoms with Gasteiger partial charge in [0.25, 0.3) is 0 Å². The topological polar surface area (TPSA) is 59.7 Å². The lowest BCUT2D eigenvalue weighted by Gasteiger charge is -2.37. The van der Waals surface area contributed by atoms with Gasteiger partial charge in [-0.2, -0.15) is 5.10 Å². The fraction of sp³-hybridized carbons (Fsp3) is 0.500. The van der Waals surface area contributed by atoms with Crippen LogP contribution < -0.4 is 4.90 Å². The van der Waals surface area contributed by atoms with Gasteiger partial charge in [0.2, 0.25) is 0 Å². The summed E-state index contributed by atoms with van der Waals surface area (Å²) in [5, 5.41) is 7.79. The second-order valence-corrected chi connectivity index (χ2v) is 6.96. The van der Waals surface area contributed by atoms with E-state index >= 15 is 0 Å². The second-order valence-electron chi connectivity index (χ2n) is 6.07. The first kappa shape index (κ1) is 14.6. The Balaban J connectivity index is 1.68. The van der Waals surface area contributed by atoms with Gasteiger partial charge in [-0.1, -0.05) is 0 Å². The van der Waals surface area contributed by atoms with Crippen LogP contribution in [-0.4, -0.2) is 37.3 Å². The normalized spacial score (nSPS) is 18.7. The molecule has 0 amide bonds. The molecule has 120 valence electrons. The van der Waals surface area contributed by atoms with Gasteiger partial charge in [-0.05, 0) is 44.6 Å². The molecule has 0 bridgehead atoms. The summed E-state index contributed by atoms with van der Waals surface area (Å²) in [7, 11) is 0. The van der Waals surface area contributed by atoms with Crippen LogP contribution in [0, 0.1) is 13.8 Å². The SMILES string of the molecule is Cc1nc(C)n(CC2CCCCN2c2ncnc3sccc23)n1. The minimum Gasteiger partial charge on any atom is -0.351 e. The smallest absolute Gasteiger partial charge is 0.147 e. The molecule has 1 aliphatic rings. The van der Waals surface area contributed by atoms with E-state index in [0.717, 1.165) is 47.2 Å². The number of rotatable bonds is 3. The molecule has 6 nitrogen and oxygen atoms in total. The Kier molecular flexibility index (Phi) is 3.72. The van der Waals surface area contributed by atoms with Crippen LogP contribution in [0.5, 0.6) is 0 Å². The number of hydrogen-bond acceptors (Lipinski definition) is 6. The molecule has 0 N–H and O–H groups in total. The molecule has 1 saturated heterocycles. The quantitative estimate of drug-likeness (QED) is 0.740. The minimum atomic E-state index is 0.404. The zero-order chi connectivity index (χ0) is 15.8. The van der Waals surface area contributed by atoms with E-state index in [0.29, 0.717) is 6.04 Å². The van der Waals surface area contributed by atoms with Crippen LogP contribution in [0.2, 0.25) is 0 Å². The number of aryl methyl sites for hydroxylation is 2. The van der Waals surface area contributed by atoms with Gasteiger partial charge in [0, 0.05) is 6.54 Å². The maximum absolute atomic E-state index is 4.60. The van der Waals surface area contributed by atoms with E-state index in [4.69, 9.17) is 0 Å². The fourth-order valence-electron chi connectivity index (χ4n) is 3.41. The van der Waals surface area contributed by atoms with Crippen molar-refractivity contribution in [2.24, 2.45) is 0 Å². The number of anilines is 1. The molecule has 1 aliphatic heterocycles. The highest BCUT2D eigenvalue weighted by Gasteiger charge is 2.26. The number of piperidine rings is 1. The van der Waals surface area contributed by atoms with Crippen molar-refractivity contribution in [3.63, 3.8) is 0 Å². The molecule has 0 aliphatic carbocycles. The van der Waals surface area contributed by atoms with E-state index in [-0.39, 0.29) is 0 Å². The van der Waals surface area contributed by atoms with Crippen molar-refractivity contribution in [3.05, 3.63) is 29.4 Å². The molecule has 4 rings (SSSR count). The Labute approximate surface area is 139 Å². The van der Waals surface area contributed by atoms with E-state index in [9.17, 15) is 0 Å². The number of thiophene rings is 1. The summed E-state index contributed by atoms with van der Waals surface area (Å²) in [4.78, 5) is 16.9. The van der Waals surface area contributed by atoms with Crippen molar-refractivity contribution in [1.82, 2.24) is 24.7 Å². The molecule has 1 fully saturated rings. The maximum Gasteiger partial charge on any atom is 0.147 e. The lowest BCUT2D eigenvalue weighted by atomic mass is 10.0. The van der Waals surface area contributed by atoms with Crippen molar-refractivity contribution < 1.29 is 0 Å². The Morgan fingerprint density at radius 3 is 3.00 bits per heavy atom. The number of nitrogens with zero attached hydrogens (tertiary/aromatic N) is 6. The largest absolute Gasteiger partial charge is 0.351 e. The van der Waals surface area contributed by atoms with E-state index < -0.39 is 0 Å². The predicted molar refractivity (Wildman–Crippen MR) is 91.9 cm³/mol. The Bertz CT molecular complexity index is 823. The first-order valence-corrected chi connectivity index (χ1v) is 8.93. The third kappa shape index (κ3) is 2.69. The number of aromatic nitrogens is 5. The third-order valence-electron chi connectivity index (χ3n) is 4.49. The van der Waals surface area contributed by atoms with Gasteiger partial charge in [0.1, 0.15) is 28.6 Å². The number of fused-ring (bicyclic) bond motifs is 1. The molecular weight excluding hydrogens is 308 g/mol. The molecule has 3 aromatic rings. The summed E-state index contributed by atoms with van der Waals surface area (Å²) in [6.45, 7) is 5.87. The van der Waals surface area contributed by atoms with Gasteiger partial charge in [-0.25, -0.2) is 19.6 Å². The fourth-order valence-corrected chi connectivity index (χ4v) is 4.14. The molecule has 7 heteroatoms. The van der Waals surface area contributed by atoms with Crippen LogP contribution in [0.25, 0.3) is 10.2 Å². The second kappa shape index (κ2) is 5.88. The minimum absolute atomic E-state index is 0.404. The van der Waals surface area contributed by atoms with Crippen LogP contribution in [0.15, 0.2) is 17.8 Å². The van der Waals surface area contributed by atoms with Crippen molar-refractivity contribution in [2.45, 2.75) is 45.7 Å². The van der Waals surface area contributed by atoms with E-state index in [1.54, 1.807) is 17.7 Å². The highest BCUT2D eigenvalue weighted by molar-refractivity contribution is 7.16. The Morgan fingerprint density at radius 2 is 2.17 bits per heavy atom. The van der Waals surface area contributed by atoms with Gasteiger partial charge in [0.15, 0.2) is 0 Å². The first-order valence-electron chi connectivity index (χ1n) is 8.05. The molecule has 0 saturated carbocycles. The third-order valence-corrected chi connectivity index (χ3v) is 5.31. The Morgan fingerprint density at radius 1 is 1.26 bits per heavy atom. The molecule has 4 heterocycles.